The van der Waals surface area contributed by atoms with Gasteiger partial charge in [-0.3, -0.25) is 4.79 Å². The summed E-state index contributed by atoms with van der Waals surface area (Å²) in [5.41, 5.74) is 3.02. The molecule has 0 bridgehead atoms. The van der Waals surface area contributed by atoms with Crippen molar-refractivity contribution < 1.29 is 9.90 Å². The first-order valence-electron chi connectivity index (χ1n) is 7.17. The maximum atomic E-state index is 12.2. The molecule has 0 radical (unpaired) electrons. The highest BCUT2D eigenvalue weighted by molar-refractivity contribution is 6.04. The van der Waals surface area contributed by atoms with Gasteiger partial charge < -0.3 is 10.4 Å². The maximum Gasteiger partial charge on any atom is 0.255 e. The number of aliphatic hydroxyl groups is 1. The van der Waals surface area contributed by atoms with Gasteiger partial charge in [-0.2, -0.15) is 5.10 Å². The Morgan fingerprint density at radius 3 is 2.65 bits per heavy atom. The van der Waals surface area contributed by atoms with E-state index in [1.807, 2.05) is 12.1 Å². The average molecular weight is 308 g/mol. The lowest BCUT2D eigenvalue weighted by Crippen LogP contribution is -2.12. The molecule has 3 rings (SSSR count). The summed E-state index contributed by atoms with van der Waals surface area (Å²) >= 11 is 0. The van der Waals surface area contributed by atoms with Crippen molar-refractivity contribution in [3.8, 4) is 0 Å². The summed E-state index contributed by atoms with van der Waals surface area (Å²) in [5, 5.41) is 16.0. The van der Waals surface area contributed by atoms with Gasteiger partial charge in [-0.05, 0) is 35.4 Å². The van der Waals surface area contributed by atoms with Crippen LogP contribution >= 0.6 is 0 Å². The zero-order chi connectivity index (χ0) is 16.1. The molecule has 6 nitrogen and oxygen atoms in total. The first-order chi connectivity index (χ1) is 11.2. The fourth-order valence-electron chi connectivity index (χ4n) is 2.21. The van der Waals surface area contributed by atoms with Gasteiger partial charge in [0.2, 0.25) is 0 Å². The van der Waals surface area contributed by atoms with Crippen LogP contribution in [0.3, 0.4) is 0 Å². The van der Waals surface area contributed by atoms with E-state index in [1.54, 1.807) is 47.4 Å². The lowest BCUT2D eigenvalue weighted by molar-refractivity contribution is 0.102. The molecule has 1 amide bonds. The number of amides is 1. The van der Waals surface area contributed by atoms with Crippen molar-refractivity contribution in [3.63, 3.8) is 0 Å². The molecule has 1 aromatic heterocycles. The van der Waals surface area contributed by atoms with Crippen LogP contribution in [0, 0.1) is 0 Å². The number of aromatic nitrogens is 3. The van der Waals surface area contributed by atoms with Crippen LogP contribution in [0.2, 0.25) is 0 Å². The molecule has 23 heavy (non-hydrogen) atoms. The number of anilines is 1. The summed E-state index contributed by atoms with van der Waals surface area (Å²) in [7, 11) is 0. The average Bonchev–Trinajstić information content (AvgIpc) is 3.08. The van der Waals surface area contributed by atoms with E-state index in [2.05, 4.69) is 15.4 Å². The van der Waals surface area contributed by atoms with Crippen LogP contribution in [0.4, 0.5) is 5.69 Å². The molecule has 3 aromatic rings. The summed E-state index contributed by atoms with van der Waals surface area (Å²) in [6.07, 6.45) is 3.14. The molecule has 0 spiro atoms. The number of nitrogens with one attached hydrogen (secondary N) is 1. The summed E-state index contributed by atoms with van der Waals surface area (Å²) < 4.78 is 1.72. The Labute approximate surface area is 133 Å². The molecule has 1 heterocycles. The second kappa shape index (κ2) is 6.85. The second-order valence-corrected chi connectivity index (χ2v) is 5.10. The third-order valence-electron chi connectivity index (χ3n) is 3.39. The van der Waals surface area contributed by atoms with Crippen molar-refractivity contribution in [1.82, 2.24) is 14.8 Å². The quantitative estimate of drug-likeness (QED) is 0.756. The fraction of sp³-hybridized carbons (Fsp3) is 0.118. The van der Waals surface area contributed by atoms with E-state index in [-0.39, 0.29) is 12.5 Å². The van der Waals surface area contributed by atoms with Gasteiger partial charge in [-0.1, -0.05) is 24.3 Å². The molecule has 0 saturated carbocycles. The minimum Gasteiger partial charge on any atom is -0.392 e. The molecule has 2 aromatic carbocycles. The maximum absolute atomic E-state index is 12.2. The highest BCUT2D eigenvalue weighted by Gasteiger charge is 2.06. The molecule has 2 N–H and O–H groups in total. The Hall–Kier alpha value is -2.99. The zero-order valence-corrected chi connectivity index (χ0v) is 12.4. The van der Waals surface area contributed by atoms with Crippen LogP contribution in [0.5, 0.6) is 0 Å². The fourth-order valence-corrected chi connectivity index (χ4v) is 2.21. The van der Waals surface area contributed by atoms with E-state index in [1.165, 1.54) is 6.33 Å². The first kappa shape index (κ1) is 14.9. The molecule has 6 heteroatoms. The van der Waals surface area contributed by atoms with Crippen LogP contribution in [-0.2, 0) is 13.2 Å². The van der Waals surface area contributed by atoms with E-state index >= 15 is 0 Å². The Kier molecular flexibility index (Phi) is 4.44. The molecule has 0 saturated heterocycles. The van der Waals surface area contributed by atoms with Gasteiger partial charge in [0.25, 0.3) is 5.91 Å². The van der Waals surface area contributed by atoms with Crippen molar-refractivity contribution in [3.05, 3.63) is 77.9 Å². The van der Waals surface area contributed by atoms with Gasteiger partial charge in [0, 0.05) is 11.3 Å². The third kappa shape index (κ3) is 3.81. The molecular weight excluding hydrogens is 292 g/mol. The van der Waals surface area contributed by atoms with Crippen molar-refractivity contribution >= 4 is 11.6 Å². The Bertz CT molecular complexity index is 783. The van der Waals surface area contributed by atoms with E-state index in [9.17, 15) is 4.79 Å². The Balaban J connectivity index is 1.67. The summed E-state index contributed by atoms with van der Waals surface area (Å²) in [6, 6.07) is 14.5. The largest absolute Gasteiger partial charge is 0.392 e. The molecule has 0 unspecified atom stereocenters. The van der Waals surface area contributed by atoms with Crippen molar-refractivity contribution in [2.45, 2.75) is 13.2 Å². The number of carbonyl (C=O) groups is 1. The summed E-state index contributed by atoms with van der Waals surface area (Å²) in [4.78, 5) is 16.1. The van der Waals surface area contributed by atoms with E-state index in [4.69, 9.17) is 5.11 Å². The topological polar surface area (TPSA) is 80.0 Å². The normalized spacial score (nSPS) is 10.5. The third-order valence-corrected chi connectivity index (χ3v) is 3.39. The van der Waals surface area contributed by atoms with Crippen molar-refractivity contribution in [2.75, 3.05) is 5.32 Å². The smallest absolute Gasteiger partial charge is 0.255 e. The molecule has 0 aliphatic rings. The highest BCUT2D eigenvalue weighted by Crippen LogP contribution is 2.13. The minimum absolute atomic E-state index is 0.0549. The molecule has 0 atom stereocenters. The minimum atomic E-state index is -0.188. The number of aliphatic hydroxyl groups excluding tert-OH is 1. The molecule has 0 aliphatic heterocycles. The lowest BCUT2D eigenvalue weighted by Gasteiger charge is -2.07. The number of rotatable bonds is 5. The number of hydrogen-bond donors (Lipinski definition) is 2. The predicted molar refractivity (Wildman–Crippen MR) is 85.9 cm³/mol. The standard InChI is InChI=1S/C17H16N4O2/c22-10-14-2-1-3-16(8-14)20-17(23)15-6-4-13(5-7-15)9-21-12-18-11-19-21/h1-8,11-12,22H,9-10H2,(H,20,23). The van der Waals surface area contributed by atoms with Gasteiger partial charge >= 0.3 is 0 Å². The van der Waals surface area contributed by atoms with Gasteiger partial charge in [-0.25, -0.2) is 9.67 Å². The highest BCUT2D eigenvalue weighted by atomic mass is 16.3. The predicted octanol–water partition coefficient (Wildman–Crippen LogP) is 2.07. The number of benzene rings is 2. The molecule has 0 aliphatic carbocycles. The number of nitrogens with zero attached hydrogens (tertiary/aromatic N) is 3. The van der Waals surface area contributed by atoms with Crippen LogP contribution in [-0.4, -0.2) is 25.8 Å². The number of carbonyl (C=O) groups excluding carboxylic acids is 1. The van der Waals surface area contributed by atoms with Crippen LogP contribution < -0.4 is 5.32 Å². The van der Waals surface area contributed by atoms with Crippen molar-refractivity contribution in [1.29, 1.82) is 0 Å². The van der Waals surface area contributed by atoms with Gasteiger partial charge in [0.05, 0.1) is 13.2 Å². The van der Waals surface area contributed by atoms with Crippen LogP contribution in [0.1, 0.15) is 21.5 Å². The van der Waals surface area contributed by atoms with E-state index in [0.717, 1.165) is 11.1 Å². The van der Waals surface area contributed by atoms with Gasteiger partial charge in [0.15, 0.2) is 0 Å². The monoisotopic (exact) mass is 308 g/mol. The summed E-state index contributed by atoms with van der Waals surface area (Å²) in [6.45, 7) is 0.557. The summed E-state index contributed by atoms with van der Waals surface area (Å²) in [5.74, 6) is -0.188. The van der Waals surface area contributed by atoms with E-state index in [0.29, 0.717) is 17.8 Å². The molecule has 116 valence electrons. The SMILES string of the molecule is O=C(Nc1cccc(CO)c1)c1ccc(Cn2cncn2)cc1. The zero-order valence-electron chi connectivity index (χ0n) is 12.4. The van der Waals surface area contributed by atoms with Gasteiger partial charge in [-0.15, -0.1) is 0 Å². The molecular formula is C17H16N4O2. The van der Waals surface area contributed by atoms with Crippen LogP contribution in [0.25, 0.3) is 0 Å². The Morgan fingerprint density at radius 1 is 1.13 bits per heavy atom. The van der Waals surface area contributed by atoms with Crippen LogP contribution in [0.15, 0.2) is 61.2 Å². The first-order valence-corrected chi connectivity index (χ1v) is 7.17. The molecule has 0 fully saturated rings. The van der Waals surface area contributed by atoms with Crippen molar-refractivity contribution in [2.24, 2.45) is 0 Å². The van der Waals surface area contributed by atoms with Gasteiger partial charge in [0.1, 0.15) is 12.7 Å². The lowest BCUT2D eigenvalue weighted by atomic mass is 10.1. The van der Waals surface area contributed by atoms with E-state index < -0.39 is 0 Å². The Morgan fingerprint density at radius 2 is 1.96 bits per heavy atom. The second-order valence-electron chi connectivity index (χ2n) is 5.10. The number of hydrogen-bond acceptors (Lipinski definition) is 4.